The molecule has 0 bridgehead atoms. The second-order valence-electron chi connectivity index (χ2n) is 5.80. The standard InChI is InChI=1S/C17H24N4O3/c18-7-4-8-21(14-22)17(24)16(23)20-11-9-19(10-12-20)13-15-5-2-1-3-6-15/h1-3,5-6,14H,4,7-13,18H2. The van der Waals surface area contributed by atoms with E-state index in [-0.39, 0.29) is 6.54 Å². The second kappa shape index (κ2) is 9.14. The SMILES string of the molecule is NCCCN(C=O)C(=O)C(=O)N1CCN(Cc2ccccc2)CC1. The highest BCUT2D eigenvalue weighted by Crippen LogP contribution is 2.09. The van der Waals surface area contributed by atoms with Gasteiger partial charge in [0.2, 0.25) is 6.41 Å². The number of carbonyl (C=O) groups is 3. The van der Waals surface area contributed by atoms with Crippen molar-refractivity contribution in [3.63, 3.8) is 0 Å². The van der Waals surface area contributed by atoms with Gasteiger partial charge in [-0.15, -0.1) is 0 Å². The Hall–Kier alpha value is -2.25. The summed E-state index contributed by atoms with van der Waals surface area (Å²) in [6, 6.07) is 10.1. The number of benzene rings is 1. The van der Waals surface area contributed by atoms with Crippen LogP contribution < -0.4 is 5.73 Å². The Morgan fingerprint density at radius 1 is 1.12 bits per heavy atom. The van der Waals surface area contributed by atoms with E-state index in [1.165, 1.54) is 10.5 Å². The van der Waals surface area contributed by atoms with E-state index in [0.717, 1.165) is 11.4 Å². The summed E-state index contributed by atoms with van der Waals surface area (Å²) >= 11 is 0. The number of rotatable bonds is 6. The molecule has 2 N–H and O–H groups in total. The molecule has 1 aromatic rings. The molecule has 7 nitrogen and oxygen atoms in total. The smallest absolute Gasteiger partial charge is 0.318 e. The molecule has 3 amide bonds. The number of nitrogens with two attached hydrogens (primary N) is 1. The van der Waals surface area contributed by atoms with Gasteiger partial charge in [-0.3, -0.25) is 24.2 Å². The van der Waals surface area contributed by atoms with Crippen LogP contribution in [-0.2, 0) is 20.9 Å². The van der Waals surface area contributed by atoms with Gasteiger partial charge in [-0.25, -0.2) is 0 Å². The van der Waals surface area contributed by atoms with E-state index in [4.69, 9.17) is 5.73 Å². The van der Waals surface area contributed by atoms with Crippen molar-refractivity contribution in [2.24, 2.45) is 5.73 Å². The van der Waals surface area contributed by atoms with Gasteiger partial charge in [-0.2, -0.15) is 0 Å². The number of piperazine rings is 1. The molecule has 0 saturated carbocycles. The summed E-state index contributed by atoms with van der Waals surface area (Å²) in [6.45, 7) is 3.76. The Labute approximate surface area is 142 Å². The van der Waals surface area contributed by atoms with Crippen molar-refractivity contribution in [2.75, 3.05) is 39.3 Å². The fourth-order valence-electron chi connectivity index (χ4n) is 2.67. The van der Waals surface area contributed by atoms with Gasteiger partial charge in [0.15, 0.2) is 0 Å². The van der Waals surface area contributed by atoms with Crippen LogP contribution in [0.1, 0.15) is 12.0 Å². The van der Waals surface area contributed by atoms with E-state index >= 15 is 0 Å². The topological polar surface area (TPSA) is 86.9 Å². The Balaban J connectivity index is 1.83. The van der Waals surface area contributed by atoms with Gasteiger partial charge >= 0.3 is 11.8 Å². The minimum absolute atomic E-state index is 0.179. The maximum atomic E-state index is 12.3. The van der Waals surface area contributed by atoms with Crippen molar-refractivity contribution in [1.29, 1.82) is 0 Å². The van der Waals surface area contributed by atoms with Gasteiger partial charge in [0.25, 0.3) is 0 Å². The van der Waals surface area contributed by atoms with Crippen molar-refractivity contribution in [3.8, 4) is 0 Å². The molecule has 7 heteroatoms. The Kier molecular flexibility index (Phi) is 6.89. The third kappa shape index (κ3) is 4.87. The highest BCUT2D eigenvalue weighted by molar-refractivity contribution is 6.36. The number of amides is 3. The maximum Gasteiger partial charge on any atom is 0.318 e. The average Bonchev–Trinajstić information content (AvgIpc) is 2.63. The minimum atomic E-state index is -0.769. The van der Waals surface area contributed by atoms with Crippen molar-refractivity contribution in [2.45, 2.75) is 13.0 Å². The Bertz CT molecular complexity index is 556. The lowest BCUT2D eigenvalue weighted by Gasteiger charge is -2.34. The first-order chi connectivity index (χ1) is 11.7. The molecule has 2 rings (SSSR count). The molecular weight excluding hydrogens is 308 g/mol. The molecular formula is C17H24N4O3. The van der Waals surface area contributed by atoms with Crippen LogP contribution in [0.3, 0.4) is 0 Å². The van der Waals surface area contributed by atoms with Crippen LogP contribution in [0.5, 0.6) is 0 Å². The molecule has 0 radical (unpaired) electrons. The number of nitrogens with zero attached hydrogens (tertiary/aromatic N) is 3. The molecule has 0 aliphatic carbocycles. The molecule has 1 aliphatic heterocycles. The zero-order valence-electron chi connectivity index (χ0n) is 13.8. The summed E-state index contributed by atoms with van der Waals surface area (Å²) in [5.41, 5.74) is 6.60. The lowest BCUT2D eigenvalue weighted by Crippen LogP contribution is -2.53. The zero-order chi connectivity index (χ0) is 17.4. The summed E-state index contributed by atoms with van der Waals surface area (Å²) in [5, 5.41) is 0. The summed E-state index contributed by atoms with van der Waals surface area (Å²) in [4.78, 5) is 40.0. The summed E-state index contributed by atoms with van der Waals surface area (Å²) in [5.74, 6) is -1.38. The van der Waals surface area contributed by atoms with Gasteiger partial charge in [-0.05, 0) is 18.5 Å². The largest absolute Gasteiger partial charge is 0.332 e. The Morgan fingerprint density at radius 2 is 1.79 bits per heavy atom. The number of hydrogen-bond donors (Lipinski definition) is 1. The predicted octanol–water partition coefficient (Wildman–Crippen LogP) is -0.335. The molecule has 0 aromatic heterocycles. The van der Waals surface area contributed by atoms with Crippen LogP contribution >= 0.6 is 0 Å². The highest BCUT2D eigenvalue weighted by Gasteiger charge is 2.29. The summed E-state index contributed by atoms with van der Waals surface area (Å²) < 4.78 is 0. The van der Waals surface area contributed by atoms with Gasteiger partial charge < -0.3 is 10.6 Å². The lowest BCUT2D eigenvalue weighted by molar-refractivity contribution is -0.154. The van der Waals surface area contributed by atoms with E-state index in [1.54, 1.807) is 0 Å². The van der Waals surface area contributed by atoms with Crippen molar-refractivity contribution in [3.05, 3.63) is 35.9 Å². The van der Waals surface area contributed by atoms with Gasteiger partial charge in [0, 0.05) is 39.3 Å². The van der Waals surface area contributed by atoms with E-state index in [9.17, 15) is 14.4 Å². The fraction of sp³-hybridized carbons (Fsp3) is 0.471. The van der Waals surface area contributed by atoms with Gasteiger partial charge in [0.05, 0.1) is 0 Å². The van der Waals surface area contributed by atoms with E-state index in [2.05, 4.69) is 17.0 Å². The number of hydrogen-bond acceptors (Lipinski definition) is 5. The molecule has 0 spiro atoms. The summed E-state index contributed by atoms with van der Waals surface area (Å²) in [7, 11) is 0. The van der Waals surface area contributed by atoms with Crippen LogP contribution in [0.4, 0.5) is 0 Å². The molecule has 0 unspecified atom stereocenters. The molecule has 1 saturated heterocycles. The van der Waals surface area contributed by atoms with Crippen LogP contribution in [0.25, 0.3) is 0 Å². The van der Waals surface area contributed by atoms with Crippen molar-refractivity contribution < 1.29 is 14.4 Å². The molecule has 1 aromatic carbocycles. The van der Waals surface area contributed by atoms with Gasteiger partial charge in [-0.1, -0.05) is 30.3 Å². The minimum Gasteiger partial charge on any atom is -0.332 e. The molecule has 130 valence electrons. The van der Waals surface area contributed by atoms with Crippen molar-refractivity contribution >= 4 is 18.2 Å². The van der Waals surface area contributed by atoms with Crippen LogP contribution in [0, 0.1) is 0 Å². The molecule has 1 heterocycles. The first-order valence-electron chi connectivity index (χ1n) is 8.17. The molecule has 24 heavy (non-hydrogen) atoms. The quantitative estimate of drug-likeness (QED) is 0.569. The third-order valence-corrected chi connectivity index (χ3v) is 4.08. The first kappa shape index (κ1) is 18.1. The molecule has 1 aliphatic rings. The third-order valence-electron chi connectivity index (χ3n) is 4.08. The van der Waals surface area contributed by atoms with Crippen LogP contribution in [-0.4, -0.2) is 72.2 Å². The number of carbonyl (C=O) groups excluding carboxylic acids is 3. The lowest BCUT2D eigenvalue weighted by atomic mass is 10.2. The molecule has 1 fully saturated rings. The zero-order valence-corrected chi connectivity index (χ0v) is 13.8. The predicted molar refractivity (Wildman–Crippen MR) is 89.7 cm³/mol. The van der Waals surface area contributed by atoms with E-state index in [0.29, 0.717) is 45.6 Å². The van der Waals surface area contributed by atoms with E-state index in [1.807, 2.05) is 18.2 Å². The normalized spacial score (nSPS) is 15.1. The maximum absolute atomic E-state index is 12.3. The average molecular weight is 332 g/mol. The Morgan fingerprint density at radius 3 is 2.38 bits per heavy atom. The monoisotopic (exact) mass is 332 g/mol. The fourth-order valence-corrected chi connectivity index (χ4v) is 2.67. The highest BCUT2D eigenvalue weighted by atomic mass is 16.2. The molecule has 0 atom stereocenters. The van der Waals surface area contributed by atoms with E-state index < -0.39 is 11.8 Å². The number of imide groups is 1. The summed E-state index contributed by atoms with van der Waals surface area (Å²) in [6.07, 6.45) is 0.893. The van der Waals surface area contributed by atoms with Crippen molar-refractivity contribution in [1.82, 2.24) is 14.7 Å². The second-order valence-corrected chi connectivity index (χ2v) is 5.80. The first-order valence-corrected chi connectivity index (χ1v) is 8.17. The van der Waals surface area contributed by atoms with Gasteiger partial charge in [0.1, 0.15) is 0 Å². The van der Waals surface area contributed by atoms with Crippen LogP contribution in [0.2, 0.25) is 0 Å². The van der Waals surface area contributed by atoms with Crippen LogP contribution in [0.15, 0.2) is 30.3 Å².